The number of ether oxygens (including phenoxy) is 3. The monoisotopic (exact) mass is 1150 g/mol. The van der Waals surface area contributed by atoms with E-state index in [1.165, 1.54) is 173 Å². The van der Waals surface area contributed by atoms with Crippen molar-refractivity contribution in [3.63, 3.8) is 0 Å². The highest BCUT2D eigenvalue weighted by atomic mass is 16.6. The van der Waals surface area contributed by atoms with Crippen LogP contribution in [0.15, 0.2) is 122 Å². The summed E-state index contributed by atoms with van der Waals surface area (Å²) in [6.45, 7) is 6.40. The number of unbranched alkanes of at least 4 members (excludes halogenated alkanes) is 32. The molecule has 0 aliphatic carbocycles. The molecule has 6 heteroatoms. The van der Waals surface area contributed by atoms with Crippen LogP contribution in [-0.4, -0.2) is 37.2 Å². The van der Waals surface area contributed by atoms with Crippen LogP contribution in [0.4, 0.5) is 0 Å². The summed E-state index contributed by atoms with van der Waals surface area (Å²) in [6.07, 6.45) is 98.0. The first-order valence-electron chi connectivity index (χ1n) is 35.0. The maximum Gasteiger partial charge on any atom is 0.306 e. The van der Waals surface area contributed by atoms with Crippen molar-refractivity contribution in [1.82, 2.24) is 0 Å². The minimum Gasteiger partial charge on any atom is -0.462 e. The SMILES string of the molecule is CC/C=C\C/C=C\C/C=C\C/C=C\CCCCCCCCCCCCCCCCCCC(=O)OCC(COC(=O)CCCC/C=C\C/C=C\C/C=C\C/C=C\CC)OC(=O)CCCCCCCCCCC/C=C\C/C=C\CCCCCCC. The van der Waals surface area contributed by atoms with Crippen LogP contribution < -0.4 is 0 Å². The second-order valence-electron chi connectivity index (χ2n) is 23.0. The molecule has 0 radical (unpaired) electrons. The smallest absolute Gasteiger partial charge is 0.306 e. The first kappa shape index (κ1) is 78.8. The molecule has 0 N–H and O–H groups in total. The second-order valence-corrected chi connectivity index (χ2v) is 23.0. The molecule has 0 aromatic heterocycles. The van der Waals surface area contributed by atoms with Gasteiger partial charge in [0.2, 0.25) is 0 Å². The summed E-state index contributed by atoms with van der Waals surface area (Å²) in [7, 11) is 0. The standard InChI is InChI=1S/C77H130O6/c1-4-7-10-13-16-19-22-25-28-30-32-34-35-36-37-38-39-40-41-43-44-46-49-52-55-58-61-64-67-70-76(79)82-73-74(72-81-75(78)69-66-63-60-57-54-51-48-27-24-21-18-15-12-9-6-3)83-77(80)71-68-65-62-59-56-53-50-47-45-42-33-31-29-26-23-20-17-14-11-8-5-2/h7,9-10,12,16,18-19,21,23,25-28,31-34,48,54,57,74H,4-6,8,11,13-15,17,20,22,24,29-30,35-47,49-53,55-56,58-73H2,1-3H3/b10-7-,12-9-,19-16-,21-18-,26-23-,28-25-,33-31-,34-32-,48-27-,57-54-. The van der Waals surface area contributed by atoms with Gasteiger partial charge in [-0.25, -0.2) is 0 Å². The highest BCUT2D eigenvalue weighted by Gasteiger charge is 2.19. The highest BCUT2D eigenvalue weighted by molar-refractivity contribution is 5.71. The normalized spacial score (nSPS) is 12.9. The minimum absolute atomic E-state index is 0.0929. The van der Waals surface area contributed by atoms with E-state index in [9.17, 15) is 14.4 Å². The molecule has 0 aliphatic heterocycles. The molecule has 0 aliphatic rings. The van der Waals surface area contributed by atoms with E-state index in [1.54, 1.807) is 0 Å². The summed E-state index contributed by atoms with van der Waals surface area (Å²) in [4.78, 5) is 38.4. The lowest BCUT2D eigenvalue weighted by molar-refractivity contribution is -0.167. The van der Waals surface area contributed by atoms with Gasteiger partial charge in [-0.2, -0.15) is 0 Å². The lowest BCUT2D eigenvalue weighted by atomic mass is 10.0. The van der Waals surface area contributed by atoms with Crippen LogP contribution in [0.25, 0.3) is 0 Å². The maximum absolute atomic E-state index is 13.0. The van der Waals surface area contributed by atoms with Crippen LogP contribution in [0, 0.1) is 0 Å². The largest absolute Gasteiger partial charge is 0.462 e. The van der Waals surface area contributed by atoms with Crippen LogP contribution in [0.3, 0.4) is 0 Å². The summed E-state index contributed by atoms with van der Waals surface area (Å²) in [6, 6.07) is 0. The number of hydrogen-bond donors (Lipinski definition) is 0. The molecule has 1 unspecified atom stereocenters. The fourth-order valence-electron chi connectivity index (χ4n) is 9.75. The average Bonchev–Trinajstić information content (AvgIpc) is 3.49. The van der Waals surface area contributed by atoms with Gasteiger partial charge in [0.25, 0.3) is 0 Å². The Morgan fingerprint density at radius 3 is 0.759 bits per heavy atom. The summed E-state index contributed by atoms with van der Waals surface area (Å²) in [5.74, 6) is -0.929. The molecule has 83 heavy (non-hydrogen) atoms. The third-order valence-corrected chi connectivity index (χ3v) is 14.9. The van der Waals surface area contributed by atoms with Crippen molar-refractivity contribution in [3.05, 3.63) is 122 Å². The van der Waals surface area contributed by atoms with E-state index in [1.807, 2.05) is 0 Å². The van der Waals surface area contributed by atoms with Crippen molar-refractivity contribution in [2.24, 2.45) is 0 Å². The number of carbonyl (C=O) groups is 3. The predicted molar refractivity (Wildman–Crippen MR) is 362 cm³/mol. The van der Waals surface area contributed by atoms with E-state index in [2.05, 4.69) is 142 Å². The Labute approximate surface area is 513 Å². The lowest BCUT2D eigenvalue weighted by Crippen LogP contribution is -2.30. The number of rotatable bonds is 63. The highest BCUT2D eigenvalue weighted by Crippen LogP contribution is 2.17. The number of esters is 3. The van der Waals surface area contributed by atoms with E-state index in [-0.39, 0.29) is 31.1 Å². The molecular formula is C77H130O6. The predicted octanol–water partition coefficient (Wildman–Crippen LogP) is 24.3. The molecular weight excluding hydrogens is 1020 g/mol. The van der Waals surface area contributed by atoms with Crippen LogP contribution in [0.2, 0.25) is 0 Å². The van der Waals surface area contributed by atoms with E-state index in [0.717, 1.165) is 116 Å². The Morgan fingerprint density at radius 2 is 0.470 bits per heavy atom. The Kier molecular flexibility index (Phi) is 66.7. The molecule has 0 saturated carbocycles. The Bertz CT molecular complexity index is 1700. The molecule has 474 valence electrons. The third kappa shape index (κ3) is 68.5. The van der Waals surface area contributed by atoms with Gasteiger partial charge in [0, 0.05) is 19.3 Å². The zero-order valence-corrected chi connectivity index (χ0v) is 54.4. The molecule has 0 bridgehead atoms. The van der Waals surface area contributed by atoms with Crippen LogP contribution in [-0.2, 0) is 28.6 Å². The van der Waals surface area contributed by atoms with Gasteiger partial charge in [-0.05, 0) is 128 Å². The van der Waals surface area contributed by atoms with E-state index >= 15 is 0 Å². The van der Waals surface area contributed by atoms with Gasteiger partial charge in [-0.15, -0.1) is 0 Å². The summed E-state index contributed by atoms with van der Waals surface area (Å²) in [5, 5.41) is 0. The molecule has 1 atom stereocenters. The van der Waals surface area contributed by atoms with Gasteiger partial charge in [0.1, 0.15) is 13.2 Å². The van der Waals surface area contributed by atoms with Gasteiger partial charge >= 0.3 is 17.9 Å². The van der Waals surface area contributed by atoms with Crippen LogP contribution in [0.5, 0.6) is 0 Å². The molecule has 0 aromatic carbocycles. The van der Waals surface area contributed by atoms with Crippen molar-refractivity contribution in [2.75, 3.05) is 13.2 Å². The van der Waals surface area contributed by atoms with Crippen molar-refractivity contribution in [1.29, 1.82) is 0 Å². The van der Waals surface area contributed by atoms with Gasteiger partial charge in [0.05, 0.1) is 0 Å². The molecule has 0 saturated heterocycles. The van der Waals surface area contributed by atoms with Crippen LogP contribution in [0.1, 0.15) is 329 Å². The second kappa shape index (κ2) is 70.3. The molecule has 6 nitrogen and oxygen atoms in total. The molecule has 0 spiro atoms. The number of carbonyl (C=O) groups excluding carboxylic acids is 3. The molecule has 0 amide bonds. The summed E-state index contributed by atoms with van der Waals surface area (Å²) in [5.41, 5.74) is 0. The van der Waals surface area contributed by atoms with Gasteiger partial charge in [0.15, 0.2) is 6.10 Å². The first-order valence-corrected chi connectivity index (χ1v) is 35.0. The zero-order chi connectivity index (χ0) is 59.9. The third-order valence-electron chi connectivity index (χ3n) is 14.9. The first-order chi connectivity index (χ1) is 41.0. The van der Waals surface area contributed by atoms with Crippen molar-refractivity contribution in [3.8, 4) is 0 Å². The fourth-order valence-corrected chi connectivity index (χ4v) is 9.75. The van der Waals surface area contributed by atoms with E-state index in [0.29, 0.717) is 19.3 Å². The van der Waals surface area contributed by atoms with Crippen molar-refractivity contribution < 1.29 is 28.6 Å². The summed E-state index contributed by atoms with van der Waals surface area (Å²) >= 11 is 0. The molecule has 0 rings (SSSR count). The average molecular weight is 1150 g/mol. The van der Waals surface area contributed by atoms with Crippen LogP contribution >= 0.6 is 0 Å². The maximum atomic E-state index is 13.0. The topological polar surface area (TPSA) is 78.9 Å². The molecule has 0 aromatic rings. The fraction of sp³-hybridized carbons (Fsp3) is 0.701. The van der Waals surface area contributed by atoms with Crippen molar-refractivity contribution in [2.45, 2.75) is 335 Å². The van der Waals surface area contributed by atoms with Gasteiger partial charge in [-0.1, -0.05) is 303 Å². The molecule has 0 fully saturated rings. The summed E-state index contributed by atoms with van der Waals surface area (Å²) < 4.78 is 16.9. The quantitative estimate of drug-likeness (QED) is 0.0261. The Hall–Kier alpha value is -4.19. The zero-order valence-electron chi connectivity index (χ0n) is 54.4. The van der Waals surface area contributed by atoms with E-state index < -0.39 is 6.10 Å². The van der Waals surface area contributed by atoms with Crippen molar-refractivity contribution >= 4 is 17.9 Å². The Balaban J connectivity index is 4.32. The van der Waals surface area contributed by atoms with Gasteiger partial charge < -0.3 is 14.2 Å². The lowest BCUT2D eigenvalue weighted by Gasteiger charge is -2.18. The van der Waals surface area contributed by atoms with E-state index in [4.69, 9.17) is 14.2 Å². The Morgan fingerprint density at radius 1 is 0.253 bits per heavy atom. The minimum atomic E-state index is -0.801. The number of hydrogen-bond acceptors (Lipinski definition) is 6. The molecule has 0 heterocycles. The number of allylic oxidation sites excluding steroid dienone is 20. The van der Waals surface area contributed by atoms with Gasteiger partial charge in [-0.3, -0.25) is 14.4 Å².